The number of hydrogen-bond acceptors (Lipinski definition) is 4. The van der Waals surface area contributed by atoms with E-state index in [0.717, 1.165) is 35.6 Å². The van der Waals surface area contributed by atoms with Gasteiger partial charge in [-0.25, -0.2) is 4.98 Å². The molecule has 2 aliphatic rings. The number of imidazole rings is 1. The van der Waals surface area contributed by atoms with E-state index in [4.69, 9.17) is 11.6 Å². The molecule has 0 spiro atoms. The number of nitrogens with one attached hydrogen (secondary N) is 1. The fourth-order valence-electron chi connectivity index (χ4n) is 4.26. The smallest absolute Gasteiger partial charge is 0.226 e. The molecule has 0 radical (unpaired) electrons. The fraction of sp³-hybridized carbons (Fsp3) is 0.737. The number of anilines is 1. The van der Waals surface area contributed by atoms with Crippen molar-refractivity contribution < 1.29 is 0 Å². The fourth-order valence-corrected chi connectivity index (χ4v) is 4.42. The van der Waals surface area contributed by atoms with Crippen LogP contribution in [0.3, 0.4) is 0 Å². The first-order valence-corrected chi connectivity index (χ1v) is 10.1. The minimum Gasteiger partial charge on any atom is -0.365 e. The molecule has 136 valence electrons. The average molecular weight is 362 g/mol. The zero-order chi connectivity index (χ0) is 17.4. The van der Waals surface area contributed by atoms with Crippen LogP contribution in [0.5, 0.6) is 0 Å². The van der Waals surface area contributed by atoms with Crippen LogP contribution in [0.25, 0.3) is 11.2 Å². The van der Waals surface area contributed by atoms with E-state index in [1.165, 1.54) is 44.9 Å². The second-order valence-electron chi connectivity index (χ2n) is 8.16. The molecule has 2 aromatic rings. The molecule has 0 unspecified atom stereocenters. The van der Waals surface area contributed by atoms with Crippen LogP contribution in [0.1, 0.15) is 58.8 Å². The molecule has 2 fully saturated rings. The minimum atomic E-state index is 0.271. The summed E-state index contributed by atoms with van der Waals surface area (Å²) < 4.78 is 2.24. The molecule has 0 bridgehead atoms. The van der Waals surface area contributed by atoms with Gasteiger partial charge in [-0.1, -0.05) is 26.2 Å². The highest BCUT2D eigenvalue weighted by Gasteiger charge is 2.26. The summed E-state index contributed by atoms with van der Waals surface area (Å²) in [6.45, 7) is 5.61. The molecule has 0 aliphatic heterocycles. The lowest BCUT2D eigenvalue weighted by atomic mass is 9.80. The topological polar surface area (TPSA) is 55.6 Å². The van der Waals surface area contributed by atoms with Crippen molar-refractivity contribution in [3.05, 3.63) is 11.6 Å². The third-order valence-corrected chi connectivity index (χ3v) is 6.43. The van der Waals surface area contributed by atoms with E-state index in [-0.39, 0.29) is 5.28 Å². The summed E-state index contributed by atoms with van der Waals surface area (Å²) in [7, 11) is 0. The number of halogens is 1. The third kappa shape index (κ3) is 3.62. The molecule has 2 saturated carbocycles. The van der Waals surface area contributed by atoms with Crippen molar-refractivity contribution >= 4 is 28.6 Å². The van der Waals surface area contributed by atoms with Gasteiger partial charge in [0.15, 0.2) is 11.5 Å². The zero-order valence-corrected chi connectivity index (χ0v) is 16.0. The van der Waals surface area contributed by atoms with E-state index in [2.05, 4.69) is 38.7 Å². The van der Waals surface area contributed by atoms with E-state index in [1.54, 1.807) is 0 Å². The van der Waals surface area contributed by atoms with Crippen molar-refractivity contribution in [2.24, 2.45) is 17.8 Å². The number of aromatic nitrogens is 4. The van der Waals surface area contributed by atoms with Crippen molar-refractivity contribution in [2.75, 3.05) is 5.32 Å². The third-order valence-electron chi connectivity index (χ3n) is 6.26. The molecule has 2 aliphatic carbocycles. The number of hydrogen-bond donors (Lipinski definition) is 1. The largest absolute Gasteiger partial charge is 0.365 e. The Hall–Kier alpha value is -1.36. The predicted molar refractivity (Wildman–Crippen MR) is 102 cm³/mol. The molecule has 1 atom stereocenters. The summed E-state index contributed by atoms with van der Waals surface area (Å²) >= 11 is 6.14. The summed E-state index contributed by atoms with van der Waals surface area (Å²) in [5.41, 5.74) is 1.71. The lowest BCUT2D eigenvalue weighted by molar-refractivity contribution is 0.266. The predicted octanol–water partition coefficient (Wildman–Crippen LogP) is 4.91. The molecule has 0 amide bonds. The summed E-state index contributed by atoms with van der Waals surface area (Å²) in [5, 5.41) is 3.87. The van der Waals surface area contributed by atoms with Gasteiger partial charge < -0.3 is 9.88 Å². The van der Waals surface area contributed by atoms with Gasteiger partial charge in [-0.2, -0.15) is 9.97 Å². The monoisotopic (exact) mass is 361 g/mol. The van der Waals surface area contributed by atoms with E-state index in [9.17, 15) is 0 Å². The molecular formula is C19H28ClN5. The Bertz CT molecular complexity index is 731. The van der Waals surface area contributed by atoms with Gasteiger partial charge in [-0.05, 0) is 62.0 Å². The van der Waals surface area contributed by atoms with Gasteiger partial charge in [-0.3, -0.25) is 0 Å². The molecule has 2 aromatic heterocycles. The molecule has 4 rings (SSSR count). The highest BCUT2D eigenvalue weighted by molar-refractivity contribution is 6.28. The summed E-state index contributed by atoms with van der Waals surface area (Å²) in [5.74, 6) is 3.18. The van der Waals surface area contributed by atoms with Gasteiger partial charge in [0.05, 0.1) is 6.33 Å². The van der Waals surface area contributed by atoms with Crippen molar-refractivity contribution in [1.82, 2.24) is 19.5 Å². The maximum Gasteiger partial charge on any atom is 0.226 e. The Kier molecular flexibility index (Phi) is 4.85. The molecule has 1 N–H and O–H groups in total. The zero-order valence-electron chi connectivity index (χ0n) is 15.2. The Morgan fingerprint density at radius 3 is 2.64 bits per heavy atom. The highest BCUT2D eigenvalue weighted by atomic mass is 35.5. The Labute approximate surface area is 154 Å². The van der Waals surface area contributed by atoms with Crippen LogP contribution in [0.15, 0.2) is 6.33 Å². The number of rotatable bonds is 5. The molecule has 25 heavy (non-hydrogen) atoms. The van der Waals surface area contributed by atoms with Crippen LogP contribution < -0.4 is 5.32 Å². The lowest BCUT2D eigenvalue weighted by Gasteiger charge is -2.32. The second kappa shape index (κ2) is 7.10. The molecular weight excluding hydrogens is 334 g/mol. The normalized spacial score (nSPS) is 25.7. The first kappa shape index (κ1) is 17.1. The molecule has 6 heteroatoms. The van der Waals surface area contributed by atoms with Gasteiger partial charge in [0.25, 0.3) is 0 Å². The van der Waals surface area contributed by atoms with E-state index in [0.29, 0.717) is 11.7 Å². The van der Waals surface area contributed by atoms with E-state index >= 15 is 0 Å². The van der Waals surface area contributed by atoms with Crippen molar-refractivity contribution in [3.63, 3.8) is 0 Å². The second-order valence-corrected chi connectivity index (χ2v) is 8.50. The molecule has 5 nitrogen and oxygen atoms in total. The van der Waals surface area contributed by atoms with Gasteiger partial charge in [0, 0.05) is 12.6 Å². The maximum absolute atomic E-state index is 6.14. The van der Waals surface area contributed by atoms with Gasteiger partial charge in [0.1, 0.15) is 5.52 Å². The van der Waals surface area contributed by atoms with Crippen molar-refractivity contribution in [2.45, 2.75) is 71.4 Å². The summed E-state index contributed by atoms with van der Waals surface area (Å²) in [6.07, 6.45) is 11.1. The van der Waals surface area contributed by atoms with Crippen LogP contribution in [-0.4, -0.2) is 25.6 Å². The van der Waals surface area contributed by atoms with Crippen LogP contribution in [-0.2, 0) is 6.54 Å². The average Bonchev–Trinajstić information content (AvgIpc) is 2.90. The number of fused-ring (bicyclic) bond motifs is 1. The maximum atomic E-state index is 6.14. The van der Waals surface area contributed by atoms with Crippen molar-refractivity contribution in [1.29, 1.82) is 0 Å². The minimum absolute atomic E-state index is 0.271. The molecule has 2 heterocycles. The highest BCUT2D eigenvalue weighted by Crippen LogP contribution is 2.33. The van der Waals surface area contributed by atoms with E-state index in [1.807, 2.05) is 6.33 Å². The molecule has 0 saturated heterocycles. The Balaban J connectivity index is 1.59. The number of nitrogens with zero attached hydrogens (tertiary/aromatic N) is 4. The van der Waals surface area contributed by atoms with Crippen LogP contribution >= 0.6 is 11.6 Å². The molecule has 0 aromatic carbocycles. The summed E-state index contributed by atoms with van der Waals surface area (Å²) in [6, 6.07) is 0.404. The first-order valence-electron chi connectivity index (χ1n) is 9.75. The Morgan fingerprint density at radius 1 is 1.20 bits per heavy atom. The van der Waals surface area contributed by atoms with Gasteiger partial charge >= 0.3 is 0 Å². The van der Waals surface area contributed by atoms with Crippen LogP contribution in [0.4, 0.5) is 5.82 Å². The van der Waals surface area contributed by atoms with Crippen LogP contribution in [0.2, 0.25) is 5.28 Å². The van der Waals surface area contributed by atoms with Crippen molar-refractivity contribution in [3.8, 4) is 0 Å². The SMILES string of the molecule is CC1CCC(Cn2cnc3nc(Cl)nc(N[C@H](C)C4CCC4)c32)CC1. The Morgan fingerprint density at radius 2 is 1.96 bits per heavy atom. The van der Waals surface area contributed by atoms with Crippen LogP contribution in [0, 0.1) is 17.8 Å². The lowest BCUT2D eigenvalue weighted by Crippen LogP contribution is -2.31. The summed E-state index contributed by atoms with van der Waals surface area (Å²) in [4.78, 5) is 13.3. The van der Waals surface area contributed by atoms with Gasteiger partial charge in [0.2, 0.25) is 5.28 Å². The first-order chi connectivity index (χ1) is 12.1. The quantitative estimate of drug-likeness (QED) is 0.769. The van der Waals surface area contributed by atoms with Gasteiger partial charge in [-0.15, -0.1) is 0 Å². The standard InChI is InChI=1S/C19H28ClN5/c1-12-6-8-14(9-7-12)10-25-11-21-17-16(25)18(24-19(20)23-17)22-13(2)15-4-3-5-15/h11-15H,3-10H2,1-2H3,(H,22,23,24)/t12?,13-,14?/m1/s1. The van der Waals surface area contributed by atoms with E-state index < -0.39 is 0 Å².